The first-order valence-electron chi connectivity index (χ1n) is 13.0. The number of hydrogen-bond donors (Lipinski definition) is 0. The van der Waals surface area contributed by atoms with Crippen LogP contribution in [-0.4, -0.2) is 15.4 Å². The number of thiazole rings is 1. The molecule has 0 fully saturated rings. The molecule has 0 N–H and O–H groups in total. The van der Waals surface area contributed by atoms with E-state index in [1.165, 1.54) is 74.8 Å². The van der Waals surface area contributed by atoms with Gasteiger partial charge in [0.05, 0.1) is 10.6 Å². The van der Waals surface area contributed by atoms with Crippen molar-refractivity contribution in [3.05, 3.63) is 42.4 Å². The molecule has 5 heteroatoms. The molecule has 33 heavy (non-hydrogen) atoms. The zero-order valence-electron chi connectivity index (χ0n) is 20.5. The molecular weight excluding hydrogens is 428 g/mol. The second-order valence-electron chi connectivity index (χ2n) is 9.05. The number of nitrogens with zero attached hydrogens (tertiary/aromatic N) is 2. The summed E-state index contributed by atoms with van der Waals surface area (Å²) in [6, 6.07) is 7.82. The molecule has 0 spiro atoms. The van der Waals surface area contributed by atoms with Crippen LogP contribution in [0.2, 0.25) is 0 Å². The molecule has 180 valence electrons. The van der Waals surface area contributed by atoms with E-state index in [1.54, 1.807) is 11.3 Å². The van der Waals surface area contributed by atoms with E-state index in [-0.39, 0.29) is 5.97 Å². The Hall–Kier alpha value is -2.14. The van der Waals surface area contributed by atoms with Crippen molar-refractivity contribution in [2.45, 2.75) is 104 Å². The molecule has 0 atom stereocenters. The summed E-state index contributed by atoms with van der Waals surface area (Å²) in [6.45, 7) is 4.46. The second-order valence-corrected chi connectivity index (χ2v) is 10.1. The average molecular weight is 469 g/mol. The largest absolute Gasteiger partial charge is 0.427 e. The van der Waals surface area contributed by atoms with Crippen molar-refractivity contribution in [2.24, 2.45) is 0 Å². The van der Waals surface area contributed by atoms with Gasteiger partial charge in [0, 0.05) is 18.8 Å². The number of aryl methyl sites for hydroxylation is 1. The molecule has 0 saturated carbocycles. The third-order valence-electron chi connectivity index (χ3n) is 6.10. The smallest absolute Gasteiger partial charge is 0.311 e. The first-order chi connectivity index (χ1) is 16.2. The number of carbonyl (C=O) groups is 1. The van der Waals surface area contributed by atoms with Gasteiger partial charge in [0.1, 0.15) is 5.75 Å². The Labute approximate surface area is 203 Å². The summed E-state index contributed by atoms with van der Waals surface area (Å²) in [7, 11) is 0. The first-order valence-corrected chi connectivity index (χ1v) is 13.8. The molecule has 0 radical (unpaired) electrons. The van der Waals surface area contributed by atoms with E-state index >= 15 is 0 Å². The van der Waals surface area contributed by atoms with E-state index in [4.69, 9.17) is 9.72 Å². The Balaban J connectivity index is 1.44. The molecule has 2 heterocycles. The fourth-order valence-electron chi connectivity index (χ4n) is 4.10. The van der Waals surface area contributed by atoms with Gasteiger partial charge in [-0.2, -0.15) is 0 Å². The van der Waals surface area contributed by atoms with Gasteiger partial charge in [-0.3, -0.25) is 9.20 Å². The second kappa shape index (κ2) is 14.2. The third kappa shape index (κ3) is 8.62. The molecule has 0 unspecified atom stereocenters. The van der Waals surface area contributed by atoms with E-state index in [9.17, 15) is 4.79 Å². The molecule has 0 aliphatic carbocycles. The van der Waals surface area contributed by atoms with Crippen LogP contribution in [0.15, 0.2) is 36.7 Å². The molecule has 3 aromatic rings. The summed E-state index contributed by atoms with van der Waals surface area (Å²) in [5.74, 6) is 0.484. The molecule has 0 aliphatic heterocycles. The molecular formula is C28H40N2O2S. The number of unbranched alkanes of at least 4 members (excludes halogenated alkanes) is 10. The van der Waals surface area contributed by atoms with Crippen LogP contribution in [0.3, 0.4) is 0 Å². The summed E-state index contributed by atoms with van der Waals surface area (Å²) < 4.78 is 7.63. The Kier molecular flexibility index (Phi) is 11.0. The summed E-state index contributed by atoms with van der Waals surface area (Å²) in [5, 5.41) is 0. The molecule has 3 rings (SSSR count). The van der Waals surface area contributed by atoms with E-state index in [0.717, 1.165) is 29.8 Å². The maximum atomic E-state index is 12.0. The summed E-state index contributed by atoms with van der Waals surface area (Å²) >= 11 is 1.71. The lowest BCUT2D eigenvalue weighted by Gasteiger charge is -2.05. The minimum Gasteiger partial charge on any atom is -0.427 e. The van der Waals surface area contributed by atoms with Gasteiger partial charge in [-0.1, -0.05) is 89.4 Å². The van der Waals surface area contributed by atoms with Gasteiger partial charge in [0.25, 0.3) is 0 Å². The molecule has 0 bridgehead atoms. The standard InChI is InChI=1S/C28H40N2O2S/c1-3-5-7-9-10-12-13-15-24-21-30-22-26(33-28(30)29-24)23-17-19-25(20-18-23)32-27(31)16-14-11-8-6-4-2/h17-22H,3-16H2,1-2H3. The van der Waals surface area contributed by atoms with E-state index in [0.29, 0.717) is 12.2 Å². The average Bonchev–Trinajstić information content (AvgIpc) is 3.38. The van der Waals surface area contributed by atoms with Crippen molar-refractivity contribution in [3.8, 4) is 16.2 Å². The summed E-state index contributed by atoms with van der Waals surface area (Å²) in [6.07, 6.45) is 20.8. The van der Waals surface area contributed by atoms with Gasteiger partial charge in [-0.05, 0) is 49.1 Å². The van der Waals surface area contributed by atoms with E-state index in [1.807, 2.05) is 24.3 Å². The molecule has 0 saturated heterocycles. The van der Waals surface area contributed by atoms with Crippen molar-refractivity contribution < 1.29 is 9.53 Å². The molecule has 4 nitrogen and oxygen atoms in total. The van der Waals surface area contributed by atoms with Gasteiger partial charge >= 0.3 is 5.97 Å². The third-order valence-corrected chi connectivity index (χ3v) is 7.14. The summed E-state index contributed by atoms with van der Waals surface area (Å²) in [4.78, 5) is 19.1. The van der Waals surface area contributed by atoms with Crippen LogP contribution in [0.5, 0.6) is 5.75 Å². The van der Waals surface area contributed by atoms with Crippen LogP contribution in [0.4, 0.5) is 0 Å². The maximum absolute atomic E-state index is 12.0. The van der Waals surface area contributed by atoms with Crippen molar-refractivity contribution in [3.63, 3.8) is 0 Å². The maximum Gasteiger partial charge on any atom is 0.311 e. The highest BCUT2D eigenvalue weighted by Gasteiger charge is 2.10. The number of fused-ring (bicyclic) bond motifs is 1. The predicted octanol–water partition coefficient (Wildman–Crippen LogP) is 8.62. The first kappa shape index (κ1) is 25.5. The number of hydrogen-bond acceptors (Lipinski definition) is 4. The minimum atomic E-state index is -0.137. The van der Waals surface area contributed by atoms with Crippen LogP contribution in [0, 0.1) is 0 Å². The predicted molar refractivity (Wildman–Crippen MR) is 139 cm³/mol. The fraction of sp³-hybridized carbons (Fsp3) is 0.571. The number of esters is 1. The number of carbonyl (C=O) groups excluding carboxylic acids is 1. The Morgan fingerprint density at radius 1 is 0.848 bits per heavy atom. The number of ether oxygens (including phenoxy) is 1. The van der Waals surface area contributed by atoms with Crippen molar-refractivity contribution in [1.82, 2.24) is 9.38 Å². The lowest BCUT2D eigenvalue weighted by Crippen LogP contribution is -2.07. The van der Waals surface area contributed by atoms with Crippen molar-refractivity contribution in [1.29, 1.82) is 0 Å². The molecule has 2 aromatic heterocycles. The number of rotatable bonds is 16. The quantitative estimate of drug-likeness (QED) is 0.120. The highest BCUT2D eigenvalue weighted by molar-refractivity contribution is 7.20. The monoisotopic (exact) mass is 468 g/mol. The number of aromatic nitrogens is 2. The van der Waals surface area contributed by atoms with Crippen LogP contribution in [-0.2, 0) is 11.2 Å². The summed E-state index contributed by atoms with van der Waals surface area (Å²) in [5.41, 5.74) is 2.32. The van der Waals surface area contributed by atoms with Gasteiger partial charge in [0.2, 0.25) is 0 Å². The Bertz CT molecular complexity index is 927. The zero-order chi connectivity index (χ0) is 23.3. The number of imidazole rings is 1. The topological polar surface area (TPSA) is 43.6 Å². The Morgan fingerprint density at radius 3 is 2.15 bits per heavy atom. The van der Waals surface area contributed by atoms with Crippen LogP contribution >= 0.6 is 11.3 Å². The van der Waals surface area contributed by atoms with Gasteiger partial charge in [-0.15, -0.1) is 0 Å². The van der Waals surface area contributed by atoms with E-state index in [2.05, 4.69) is 30.6 Å². The van der Waals surface area contributed by atoms with Crippen LogP contribution in [0.25, 0.3) is 15.4 Å². The van der Waals surface area contributed by atoms with Crippen LogP contribution in [0.1, 0.15) is 103 Å². The highest BCUT2D eigenvalue weighted by Crippen LogP contribution is 2.30. The van der Waals surface area contributed by atoms with Crippen LogP contribution < -0.4 is 4.74 Å². The molecule has 1 aromatic carbocycles. The Morgan fingerprint density at radius 2 is 1.48 bits per heavy atom. The minimum absolute atomic E-state index is 0.137. The number of benzene rings is 1. The zero-order valence-corrected chi connectivity index (χ0v) is 21.3. The lowest BCUT2D eigenvalue weighted by atomic mass is 10.1. The van der Waals surface area contributed by atoms with Gasteiger partial charge in [-0.25, -0.2) is 4.98 Å². The molecule has 0 aliphatic rings. The highest BCUT2D eigenvalue weighted by atomic mass is 32.1. The lowest BCUT2D eigenvalue weighted by molar-refractivity contribution is -0.134. The van der Waals surface area contributed by atoms with Gasteiger partial charge in [0.15, 0.2) is 4.96 Å². The SMILES string of the molecule is CCCCCCCCCc1cn2cc(-c3ccc(OC(=O)CCCCCCC)cc3)sc2n1. The fourth-order valence-corrected chi connectivity index (χ4v) is 5.09. The normalized spacial score (nSPS) is 11.3. The molecule has 0 amide bonds. The van der Waals surface area contributed by atoms with E-state index < -0.39 is 0 Å². The van der Waals surface area contributed by atoms with Crippen molar-refractivity contribution in [2.75, 3.05) is 0 Å². The van der Waals surface area contributed by atoms with Crippen molar-refractivity contribution >= 4 is 22.3 Å². The van der Waals surface area contributed by atoms with Gasteiger partial charge < -0.3 is 4.74 Å².